The topological polar surface area (TPSA) is 81.5 Å². The number of carbonyl (C=O) groups is 1. The summed E-state index contributed by atoms with van der Waals surface area (Å²) in [6.45, 7) is 8.58. The number of halogens is 1. The third-order valence-electron chi connectivity index (χ3n) is 5.87. The molecular formula is C23H32FN3O4S. The molecule has 1 unspecified atom stereocenters. The number of Topliss-reactive ketones (excluding diaryl/α,β-unsaturated/α-hetero) is 1. The van der Waals surface area contributed by atoms with Crippen molar-refractivity contribution in [1.29, 1.82) is 0 Å². The number of hydrogen-bond donors (Lipinski definition) is 0. The molecule has 1 aliphatic rings. The number of carbonyl (C=O) groups excluding carboxylic acids is 1. The van der Waals surface area contributed by atoms with E-state index < -0.39 is 21.4 Å². The van der Waals surface area contributed by atoms with Crippen LogP contribution in [0.1, 0.15) is 56.2 Å². The molecule has 2 heterocycles. The fraction of sp³-hybridized carbons (Fsp3) is 0.565. The van der Waals surface area contributed by atoms with Crippen molar-refractivity contribution in [2.45, 2.75) is 63.4 Å². The molecule has 0 saturated carbocycles. The highest BCUT2D eigenvalue weighted by molar-refractivity contribution is 7.92. The predicted octanol–water partition coefficient (Wildman–Crippen LogP) is 3.18. The maximum atomic E-state index is 14.2. The summed E-state index contributed by atoms with van der Waals surface area (Å²) in [5.41, 5.74) is 2.19. The zero-order valence-electron chi connectivity index (χ0n) is 19.6. The van der Waals surface area contributed by atoms with Gasteiger partial charge in [0.1, 0.15) is 23.1 Å². The van der Waals surface area contributed by atoms with Crippen LogP contribution >= 0.6 is 0 Å². The lowest BCUT2D eigenvalue weighted by atomic mass is 9.86. The van der Waals surface area contributed by atoms with Crippen LogP contribution in [-0.4, -0.2) is 61.4 Å². The van der Waals surface area contributed by atoms with Gasteiger partial charge in [0.05, 0.1) is 18.8 Å². The molecule has 0 bridgehead atoms. The van der Waals surface area contributed by atoms with Gasteiger partial charge in [-0.2, -0.15) is 5.10 Å². The van der Waals surface area contributed by atoms with E-state index in [-0.39, 0.29) is 40.9 Å². The van der Waals surface area contributed by atoms with Gasteiger partial charge in [0.2, 0.25) is 5.88 Å². The van der Waals surface area contributed by atoms with Gasteiger partial charge < -0.3 is 9.64 Å². The maximum Gasteiger partial charge on any atom is 0.231 e. The first-order valence-corrected chi connectivity index (χ1v) is 12.5. The molecule has 3 rings (SSSR count). The maximum absolute atomic E-state index is 14.2. The van der Waals surface area contributed by atoms with E-state index in [1.807, 2.05) is 46.7 Å². The Labute approximate surface area is 189 Å². The number of likely N-dealkylation sites (N-methyl/N-ethyl adjacent to an activating group) is 1. The van der Waals surface area contributed by atoms with Gasteiger partial charge in [0.25, 0.3) is 0 Å². The van der Waals surface area contributed by atoms with Crippen molar-refractivity contribution in [2.75, 3.05) is 26.5 Å². The van der Waals surface area contributed by atoms with Gasteiger partial charge >= 0.3 is 0 Å². The highest BCUT2D eigenvalue weighted by Crippen LogP contribution is 2.31. The van der Waals surface area contributed by atoms with Crippen LogP contribution in [0.25, 0.3) is 0 Å². The lowest BCUT2D eigenvalue weighted by molar-refractivity contribution is -0.116. The second-order valence-corrected chi connectivity index (χ2v) is 11.2. The van der Waals surface area contributed by atoms with E-state index in [1.165, 1.54) is 23.0 Å². The van der Waals surface area contributed by atoms with Crippen LogP contribution in [0.3, 0.4) is 0 Å². The van der Waals surface area contributed by atoms with Crippen molar-refractivity contribution >= 4 is 15.6 Å². The number of sulfone groups is 1. The van der Waals surface area contributed by atoms with Gasteiger partial charge in [-0.15, -0.1) is 0 Å². The lowest BCUT2D eigenvalue weighted by Gasteiger charge is -2.29. The first-order chi connectivity index (χ1) is 14.9. The Morgan fingerprint density at radius 3 is 2.34 bits per heavy atom. The van der Waals surface area contributed by atoms with E-state index >= 15 is 0 Å². The first kappa shape index (κ1) is 24.4. The van der Waals surface area contributed by atoms with Crippen molar-refractivity contribution in [3.05, 3.63) is 40.8 Å². The zero-order chi connectivity index (χ0) is 23.8. The molecule has 0 aliphatic carbocycles. The molecule has 176 valence electrons. The summed E-state index contributed by atoms with van der Waals surface area (Å²) in [6, 6.07) is 2.97. The summed E-state index contributed by atoms with van der Waals surface area (Å²) in [6.07, 6.45) is 1.19. The number of hydrogen-bond acceptors (Lipinski definition) is 6. The summed E-state index contributed by atoms with van der Waals surface area (Å²) < 4.78 is 47.5. The smallest absolute Gasteiger partial charge is 0.231 e. The Balaban J connectivity index is 1.85. The number of nitrogens with zero attached hydrogens (tertiary/aromatic N) is 3. The van der Waals surface area contributed by atoms with Crippen molar-refractivity contribution in [3.8, 4) is 5.88 Å². The van der Waals surface area contributed by atoms with Crippen molar-refractivity contribution < 1.29 is 22.3 Å². The van der Waals surface area contributed by atoms with Crippen molar-refractivity contribution in [1.82, 2.24) is 14.7 Å². The van der Waals surface area contributed by atoms with E-state index in [9.17, 15) is 17.6 Å². The second kappa shape index (κ2) is 9.31. The summed E-state index contributed by atoms with van der Waals surface area (Å²) >= 11 is 0. The number of rotatable bonds is 8. The summed E-state index contributed by atoms with van der Waals surface area (Å²) in [4.78, 5) is 14.8. The fourth-order valence-electron chi connectivity index (χ4n) is 4.04. The zero-order valence-corrected chi connectivity index (χ0v) is 20.4. The average Bonchev–Trinajstić information content (AvgIpc) is 3.12. The number of benzene rings is 1. The van der Waals surface area contributed by atoms with Crippen LogP contribution in [0.4, 0.5) is 4.39 Å². The molecule has 0 amide bonds. The number of fused-ring (bicyclic) bond motifs is 1. The molecule has 7 nitrogen and oxygen atoms in total. The van der Waals surface area contributed by atoms with Crippen LogP contribution in [0, 0.1) is 5.82 Å². The van der Waals surface area contributed by atoms with Gasteiger partial charge in [-0.1, -0.05) is 27.7 Å². The Bertz CT molecular complexity index is 1080. The quantitative estimate of drug-likeness (QED) is 0.596. The third kappa shape index (κ3) is 5.04. The summed E-state index contributed by atoms with van der Waals surface area (Å²) in [5.74, 6) is -1.25. The lowest BCUT2D eigenvalue weighted by Crippen LogP contribution is -2.41. The van der Waals surface area contributed by atoms with Gasteiger partial charge in [0, 0.05) is 6.42 Å². The largest absolute Gasteiger partial charge is 0.475 e. The van der Waals surface area contributed by atoms with Gasteiger partial charge in [0.15, 0.2) is 15.6 Å². The highest BCUT2D eigenvalue weighted by atomic mass is 32.2. The Hall–Kier alpha value is -2.26. The molecule has 32 heavy (non-hydrogen) atoms. The molecule has 1 aliphatic heterocycles. The monoisotopic (exact) mass is 465 g/mol. The molecule has 0 spiro atoms. The minimum Gasteiger partial charge on any atom is -0.475 e. The average molecular weight is 466 g/mol. The van der Waals surface area contributed by atoms with Gasteiger partial charge in [-0.3, -0.25) is 4.79 Å². The van der Waals surface area contributed by atoms with Crippen LogP contribution in [0.15, 0.2) is 23.2 Å². The Kier molecular flexibility index (Phi) is 7.09. The van der Waals surface area contributed by atoms with Crippen LogP contribution < -0.4 is 4.74 Å². The SMILES string of the molecule is CC(C)c1cc(F)cc(C(C)C)c1CC(=O)CS(=O)(=O)c1cnn2c1OCC(N(C)C)C2. The van der Waals surface area contributed by atoms with Crippen LogP contribution in [0.2, 0.25) is 0 Å². The van der Waals surface area contributed by atoms with Gasteiger partial charge in [-0.25, -0.2) is 17.5 Å². The molecule has 1 atom stereocenters. The van der Waals surface area contributed by atoms with E-state index in [0.29, 0.717) is 13.2 Å². The standard InChI is InChI=1S/C23H32FN3O4S/c1-14(2)19-7-16(24)8-20(15(3)4)21(19)9-18(28)13-32(29,30)22-10-25-27-11-17(26(5)6)12-31-23(22)27/h7-8,10,14-15,17H,9,11-13H2,1-6H3. The van der Waals surface area contributed by atoms with E-state index in [2.05, 4.69) is 5.10 Å². The predicted molar refractivity (Wildman–Crippen MR) is 121 cm³/mol. The van der Waals surface area contributed by atoms with E-state index in [1.54, 1.807) is 0 Å². The molecule has 0 fully saturated rings. The number of ether oxygens (including phenoxy) is 1. The molecule has 1 aromatic heterocycles. The minimum absolute atomic E-state index is 0.00310. The normalized spacial score (nSPS) is 16.5. The molecule has 0 saturated heterocycles. The van der Waals surface area contributed by atoms with Crippen LogP contribution in [-0.2, 0) is 27.6 Å². The summed E-state index contributed by atoms with van der Waals surface area (Å²) in [5, 5.41) is 4.16. The molecule has 0 N–H and O–H groups in total. The van der Waals surface area contributed by atoms with Crippen molar-refractivity contribution in [3.63, 3.8) is 0 Å². The summed E-state index contributed by atoms with van der Waals surface area (Å²) in [7, 11) is -0.0919. The Morgan fingerprint density at radius 1 is 1.22 bits per heavy atom. The third-order valence-corrected chi connectivity index (χ3v) is 7.53. The minimum atomic E-state index is -3.94. The number of ketones is 1. The number of aromatic nitrogens is 2. The van der Waals surface area contributed by atoms with Crippen molar-refractivity contribution in [2.24, 2.45) is 0 Å². The van der Waals surface area contributed by atoms with E-state index in [4.69, 9.17) is 4.74 Å². The molecule has 2 aromatic rings. The first-order valence-electron chi connectivity index (χ1n) is 10.8. The van der Waals surface area contributed by atoms with Gasteiger partial charge in [-0.05, 0) is 54.8 Å². The molecule has 0 radical (unpaired) electrons. The highest BCUT2D eigenvalue weighted by Gasteiger charge is 2.32. The van der Waals surface area contributed by atoms with E-state index in [0.717, 1.165) is 16.7 Å². The molecular weight excluding hydrogens is 433 g/mol. The fourth-order valence-corrected chi connectivity index (χ4v) is 5.36. The Morgan fingerprint density at radius 2 is 1.81 bits per heavy atom. The molecule has 9 heteroatoms. The molecule has 1 aromatic carbocycles. The van der Waals surface area contributed by atoms with Crippen LogP contribution in [0.5, 0.6) is 5.88 Å². The second-order valence-electron chi connectivity index (χ2n) is 9.27.